The van der Waals surface area contributed by atoms with Crippen LogP contribution in [0.2, 0.25) is 0 Å². The van der Waals surface area contributed by atoms with E-state index in [9.17, 15) is 22.8 Å². The van der Waals surface area contributed by atoms with Crippen LogP contribution in [0.5, 0.6) is 0 Å². The van der Waals surface area contributed by atoms with Crippen LogP contribution in [0.3, 0.4) is 0 Å². The molecule has 36 heavy (non-hydrogen) atoms. The third-order valence-corrected chi connectivity index (χ3v) is 6.02. The van der Waals surface area contributed by atoms with Gasteiger partial charge in [0.2, 0.25) is 0 Å². The van der Waals surface area contributed by atoms with Gasteiger partial charge in [-0.1, -0.05) is 25.0 Å². The Bertz CT molecular complexity index is 1270. The molecular formula is C25H25F3N6O2. The number of nitrogens with two attached hydrogens (primary N) is 1. The van der Waals surface area contributed by atoms with Crippen molar-refractivity contribution < 1.29 is 22.8 Å². The van der Waals surface area contributed by atoms with Crippen LogP contribution >= 0.6 is 0 Å². The molecule has 4 rings (SSSR count). The Morgan fingerprint density at radius 2 is 1.78 bits per heavy atom. The maximum atomic E-state index is 13.4. The van der Waals surface area contributed by atoms with Crippen molar-refractivity contribution in [2.24, 2.45) is 0 Å². The molecule has 2 aromatic carbocycles. The molecule has 0 saturated heterocycles. The molecule has 0 atom stereocenters. The van der Waals surface area contributed by atoms with Crippen LogP contribution in [0.4, 0.5) is 41.0 Å². The number of alkyl halides is 3. The number of rotatable bonds is 5. The van der Waals surface area contributed by atoms with Gasteiger partial charge in [-0.3, -0.25) is 9.69 Å². The van der Waals surface area contributed by atoms with Gasteiger partial charge in [0.25, 0.3) is 5.91 Å². The topological polar surface area (TPSA) is 113 Å². The molecule has 1 aliphatic rings. The van der Waals surface area contributed by atoms with E-state index in [1.54, 1.807) is 30.0 Å². The Balaban J connectivity index is 1.54. The number of nitrogens with zero attached hydrogens (tertiary/aromatic N) is 3. The van der Waals surface area contributed by atoms with Crippen molar-refractivity contribution in [3.8, 4) is 0 Å². The first kappa shape index (κ1) is 25.0. The van der Waals surface area contributed by atoms with Gasteiger partial charge >= 0.3 is 12.2 Å². The normalized spacial score (nSPS) is 13.9. The number of nitrogens with one attached hydrogen (secondary N) is 2. The van der Waals surface area contributed by atoms with Crippen LogP contribution in [0, 0.1) is 6.92 Å². The zero-order valence-electron chi connectivity index (χ0n) is 19.5. The van der Waals surface area contributed by atoms with E-state index in [4.69, 9.17) is 5.73 Å². The van der Waals surface area contributed by atoms with Crippen LogP contribution in [0.15, 0.2) is 54.9 Å². The number of aryl methyl sites for hydroxylation is 1. The van der Waals surface area contributed by atoms with Crippen LogP contribution in [-0.2, 0) is 6.18 Å². The van der Waals surface area contributed by atoms with Gasteiger partial charge in [-0.25, -0.2) is 14.8 Å². The number of hydrogen-bond donors (Lipinski definition) is 3. The van der Waals surface area contributed by atoms with E-state index >= 15 is 0 Å². The van der Waals surface area contributed by atoms with Crippen LogP contribution in [-0.4, -0.2) is 27.9 Å². The van der Waals surface area contributed by atoms with Gasteiger partial charge in [0.1, 0.15) is 18.0 Å². The molecule has 1 fully saturated rings. The first-order valence-electron chi connectivity index (χ1n) is 11.4. The number of benzene rings is 2. The second-order valence-corrected chi connectivity index (χ2v) is 8.60. The Hall–Kier alpha value is -4.15. The molecule has 0 unspecified atom stereocenters. The molecule has 4 N–H and O–H groups in total. The van der Waals surface area contributed by atoms with Crippen LogP contribution in [0.1, 0.15) is 47.2 Å². The first-order valence-corrected chi connectivity index (χ1v) is 11.4. The number of anilines is 4. The van der Waals surface area contributed by atoms with Crippen LogP contribution in [0.25, 0.3) is 0 Å². The number of aromatic nitrogens is 2. The van der Waals surface area contributed by atoms with E-state index in [0.29, 0.717) is 17.2 Å². The number of carbonyl (C=O) groups excluding carboxylic acids is 2. The van der Waals surface area contributed by atoms with E-state index < -0.39 is 23.7 Å². The number of nitrogen functional groups attached to an aromatic ring is 1. The van der Waals surface area contributed by atoms with Crippen molar-refractivity contribution in [3.05, 3.63) is 71.5 Å². The summed E-state index contributed by atoms with van der Waals surface area (Å²) in [4.78, 5) is 35.7. The van der Waals surface area contributed by atoms with Crippen molar-refractivity contribution in [1.82, 2.24) is 9.97 Å². The maximum absolute atomic E-state index is 13.4. The fourth-order valence-corrected chi connectivity index (χ4v) is 4.16. The summed E-state index contributed by atoms with van der Waals surface area (Å²) in [7, 11) is 0. The van der Waals surface area contributed by atoms with Crippen LogP contribution < -0.4 is 21.3 Å². The summed E-state index contributed by atoms with van der Waals surface area (Å²) in [5, 5.41) is 5.47. The summed E-state index contributed by atoms with van der Waals surface area (Å²) >= 11 is 0. The summed E-state index contributed by atoms with van der Waals surface area (Å²) in [5.41, 5.74) is 6.24. The lowest BCUT2D eigenvalue weighted by atomic mass is 10.1. The van der Waals surface area contributed by atoms with Gasteiger partial charge in [-0.05, 0) is 55.7 Å². The van der Waals surface area contributed by atoms with Crippen molar-refractivity contribution in [1.29, 1.82) is 0 Å². The zero-order valence-corrected chi connectivity index (χ0v) is 19.5. The largest absolute Gasteiger partial charge is 0.416 e. The quantitative estimate of drug-likeness (QED) is 0.423. The number of carbonyl (C=O) groups is 2. The highest BCUT2D eigenvalue weighted by Crippen LogP contribution is 2.31. The molecule has 0 spiro atoms. The van der Waals surface area contributed by atoms with E-state index in [1.165, 1.54) is 24.5 Å². The molecule has 188 valence electrons. The van der Waals surface area contributed by atoms with Gasteiger partial charge in [-0.2, -0.15) is 13.2 Å². The predicted octanol–water partition coefficient (Wildman–Crippen LogP) is 5.62. The zero-order chi connectivity index (χ0) is 25.9. The Labute approximate surface area is 205 Å². The lowest BCUT2D eigenvalue weighted by molar-refractivity contribution is -0.137. The number of amides is 3. The third-order valence-electron chi connectivity index (χ3n) is 6.02. The van der Waals surface area contributed by atoms with Crippen molar-refractivity contribution >= 4 is 34.9 Å². The average Bonchev–Trinajstić information content (AvgIpc) is 3.35. The number of hydrogen-bond acceptors (Lipinski definition) is 5. The minimum absolute atomic E-state index is 0.0524. The van der Waals surface area contributed by atoms with Gasteiger partial charge in [0.05, 0.1) is 5.56 Å². The van der Waals surface area contributed by atoms with Crippen molar-refractivity contribution in [2.45, 2.75) is 44.8 Å². The Kier molecular flexibility index (Phi) is 7.09. The molecular weight excluding hydrogens is 473 g/mol. The molecule has 0 aliphatic heterocycles. The summed E-state index contributed by atoms with van der Waals surface area (Å²) in [6.45, 7) is 1.79. The number of halogens is 3. The lowest BCUT2D eigenvalue weighted by Gasteiger charge is -2.28. The molecule has 1 aliphatic carbocycles. The summed E-state index contributed by atoms with van der Waals surface area (Å²) < 4.78 is 39.0. The minimum atomic E-state index is -4.56. The lowest BCUT2D eigenvalue weighted by Crippen LogP contribution is -2.42. The SMILES string of the molecule is Cc1ccc(NC(=O)c2cccc(C(F)(F)F)c2)cc1NC(=O)N(c1cc(N)ncn1)C1CCCC1. The van der Waals surface area contributed by atoms with Gasteiger partial charge in [0.15, 0.2) is 0 Å². The third kappa shape index (κ3) is 5.73. The highest BCUT2D eigenvalue weighted by molar-refractivity contribution is 6.06. The minimum Gasteiger partial charge on any atom is -0.384 e. The maximum Gasteiger partial charge on any atom is 0.416 e. The highest BCUT2D eigenvalue weighted by Gasteiger charge is 2.31. The standard InChI is InChI=1S/C25H25F3N6O2/c1-15-9-10-18(32-23(35)16-5-4-6-17(11-16)25(26,27)28)12-20(15)33-24(36)34(19-7-2-3-8-19)22-13-21(29)30-14-31-22/h4-6,9-14,19H,2-3,7-8H2,1H3,(H,32,35)(H,33,36)(H2,29,30,31). The van der Waals surface area contributed by atoms with E-state index in [-0.39, 0.29) is 17.4 Å². The second-order valence-electron chi connectivity index (χ2n) is 8.60. The Morgan fingerprint density at radius 1 is 1.03 bits per heavy atom. The fraction of sp³-hybridized carbons (Fsp3) is 0.280. The van der Waals surface area contributed by atoms with E-state index in [1.807, 2.05) is 0 Å². The fourth-order valence-electron chi connectivity index (χ4n) is 4.16. The van der Waals surface area contributed by atoms with Crippen molar-refractivity contribution in [3.63, 3.8) is 0 Å². The molecule has 3 aromatic rings. The average molecular weight is 499 g/mol. The summed E-state index contributed by atoms with van der Waals surface area (Å²) in [6, 6.07) is 10.1. The molecule has 11 heteroatoms. The monoisotopic (exact) mass is 498 g/mol. The molecule has 1 saturated carbocycles. The summed E-state index contributed by atoms with van der Waals surface area (Å²) in [5.74, 6) is -0.0730. The van der Waals surface area contributed by atoms with E-state index in [0.717, 1.165) is 43.4 Å². The highest BCUT2D eigenvalue weighted by atomic mass is 19.4. The first-order chi connectivity index (χ1) is 17.1. The molecule has 0 radical (unpaired) electrons. The van der Waals surface area contributed by atoms with Gasteiger partial charge in [0, 0.05) is 29.0 Å². The summed E-state index contributed by atoms with van der Waals surface area (Å²) in [6.07, 6.45) is 0.370. The molecule has 3 amide bonds. The molecule has 0 bridgehead atoms. The Morgan fingerprint density at radius 3 is 2.47 bits per heavy atom. The smallest absolute Gasteiger partial charge is 0.384 e. The second kappa shape index (κ2) is 10.2. The van der Waals surface area contributed by atoms with Crippen molar-refractivity contribution in [2.75, 3.05) is 21.3 Å². The predicted molar refractivity (Wildman–Crippen MR) is 131 cm³/mol. The molecule has 1 aromatic heterocycles. The van der Waals surface area contributed by atoms with E-state index in [2.05, 4.69) is 20.6 Å². The van der Waals surface area contributed by atoms with Gasteiger partial charge < -0.3 is 16.4 Å². The van der Waals surface area contributed by atoms with Gasteiger partial charge in [-0.15, -0.1) is 0 Å². The number of urea groups is 1. The molecule has 1 heterocycles. The molecule has 8 nitrogen and oxygen atoms in total.